The molecule has 0 aromatic carbocycles. The quantitative estimate of drug-likeness (QED) is 0.508. The van der Waals surface area contributed by atoms with Crippen LogP contribution in [-0.4, -0.2) is 41.0 Å². The van der Waals surface area contributed by atoms with Gasteiger partial charge in [0.2, 0.25) is 11.8 Å². The first-order valence-corrected chi connectivity index (χ1v) is 11.7. The standard InChI is InChI=1S/C21H31N3O4S/c1-4-12(2)17(18(26)27-3)22-16(25)11-29-20-24-23-19(28-20)21-8-13-5-14(9-21)7-15(6-13)10-21/h12-15,17H,4-11H2,1-3H3,(H,22,25)/t12-,13?,14?,15?,17+,21?/m0/s1. The molecular weight excluding hydrogens is 390 g/mol. The van der Waals surface area contributed by atoms with Gasteiger partial charge in [-0.25, -0.2) is 4.79 Å². The van der Waals surface area contributed by atoms with Gasteiger partial charge in [-0.05, 0) is 62.2 Å². The Bertz CT molecular complexity index is 730. The zero-order valence-electron chi connectivity index (χ0n) is 17.5. The second-order valence-electron chi connectivity index (χ2n) is 9.31. The maximum atomic E-state index is 12.4. The van der Waals surface area contributed by atoms with Crippen molar-refractivity contribution in [2.75, 3.05) is 12.9 Å². The molecule has 4 aliphatic rings. The molecule has 1 aromatic rings. The van der Waals surface area contributed by atoms with Crippen molar-refractivity contribution in [1.29, 1.82) is 0 Å². The Morgan fingerprint density at radius 2 is 1.83 bits per heavy atom. The van der Waals surface area contributed by atoms with Crippen molar-refractivity contribution in [2.45, 2.75) is 75.5 Å². The smallest absolute Gasteiger partial charge is 0.328 e. The van der Waals surface area contributed by atoms with E-state index in [-0.39, 0.29) is 23.0 Å². The van der Waals surface area contributed by atoms with Gasteiger partial charge in [0.05, 0.1) is 12.9 Å². The normalized spacial score (nSPS) is 32.0. The third-order valence-electron chi connectivity index (χ3n) is 7.21. The fraction of sp³-hybridized carbons (Fsp3) is 0.810. The predicted molar refractivity (Wildman–Crippen MR) is 108 cm³/mol. The summed E-state index contributed by atoms with van der Waals surface area (Å²) in [5.74, 6) is 2.68. The summed E-state index contributed by atoms with van der Waals surface area (Å²) in [5, 5.41) is 11.8. The number of amides is 1. The van der Waals surface area contributed by atoms with Crippen LogP contribution in [0.1, 0.15) is 64.7 Å². The van der Waals surface area contributed by atoms with E-state index in [0.717, 1.165) is 30.1 Å². The minimum absolute atomic E-state index is 0.00231. The third-order valence-corrected chi connectivity index (χ3v) is 8.03. The molecule has 4 saturated carbocycles. The molecule has 29 heavy (non-hydrogen) atoms. The van der Waals surface area contributed by atoms with Crippen molar-refractivity contribution < 1.29 is 18.7 Å². The maximum Gasteiger partial charge on any atom is 0.328 e. The van der Waals surface area contributed by atoms with Gasteiger partial charge in [0.25, 0.3) is 5.22 Å². The number of hydrogen-bond acceptors (Lipinski definition) is 7. The number of aromatic nitrogens is 2. The van der Waals surface area contributed by atoms with Crippen LogP contribution >= 0.6 is 11.8 Å². The number of hydrogen-bond donors (Lipinski definition) is 1. The summed E-state index contributed by atoms with van der Waals surface area (Å²) >= 11 is 1.23. The lowest BCUT2D eigenvalue weighted by atomic mass is 9.49. The zero-order chi connectivity index (χ0) is 20.6. The fourth-order valence-electron chi connectivity index (χ4n) is 5.99. The molecule has 4 fully saturated rings. The molecule has 4 bridgehead atoms. The minimum atomic E-state index is -0.636. The Balaban J connectivity index is 1.35. The van der Waals surface area contributed by atoms with Crippen LogP contribution in [0.25, 0.3) is 0 Å². The number of carbonyl (C=O) groups excluding carboxylic acids is 2. The highest BCUT2D eigenvalue weighted by molar-refractivity contribution is 7.99. The molecule has 7 nitrogen and oxygen atoms in total. The van der Waals surface area contributed by atoms with Gasteiger partial charge in [-0.15, -0.1) is 10.2 Å². The molecule has 1 heterocycles. The molecule has 4 aliphatic carbocycles. The molecule has 0 spiro atoms. The number of rotatable bonds is 8. The van der Waals surface area contributed by atoms with Gasteiger partial charge in [0.15, 0.2) is 0 Å². The molecule has 0 aliphatic heterocycles. The highest BCUT2D eigenvalue weighted by Gasteiger charge is 2.54. The lowest BCUT2D eigenvalue weighted by Gasteiger charge is -2.55. The predicted octanol–water partition coefficient (Wildman–Crippen LogP) is 3.33. The largest absolute Gasteiger partial charge is 0.467 e. The van der Waals surface area contributed by atoms with Crippen LogP contribution in [0.15, 0.2) is 9.64 Å². The average molecular weight is 422 g/mol. The van der Waals surface area contributed by atoms with Crippen LogP contribution in [0.4, 0.5) is 0 Å². The second kappa shape index (κ2) is 8.28. The highest BCUT2D eigenvalue weighted by atomic mass is 32.2. The molecule has 5 rings (SSSR count). The molecule has 1 N–H and O–H groups in total. The van der Waals surface area contributed by atoms with Gasteiger partial charge >= 0.3 is 5.97 Å². The average Bonchev–Trinajstić information content (AvgIpc) is 3.18. The van der Waals surface area contributed by atoms with E-state index in [2.05, 4.69) is 15.5 Å². The molecule has 2 atom stereocenters. The van der Waals surface area contributed by atoms with Crippen molar-refractivity contribution in [3.8, 4) is 0 Å². The number of nitrogens with one attached hydrogen (secondary N) is 1. The molecule has 1 amide bonds. The summed E-state index contributed by atoms with van der Waals surface area (Å²) in [4.78, 5) is 24.3. The van der Waals surface area contributed by atoms with Crippen molar-refractivity contribution in [2.24, 2.45) is 23.7 Å². The van der Waals surface area contributed by atoms with Crippen molar-refractivity contribution >= 4 is 23.6 Å². The number of esters is 1. The van der Waals surface area contributed by atoms with Gasteiger partial charge in [-0.1, -0.05) is 32.0 Å². The monoisotopic (exact) mass is 421 g/mol. The topological polar surface area (TPSA) is 94.3 Å². The van der Waals surface area contributed by atoms with Gasteiger partial charge in [-0.2, -0.15) is 0 Å². The number of carbonyl (C=O) groups is 2. The maximum absolute atomic E-state index is 12.4. The number of ether oxygens (including phenoxy) is 1. The summed E-state index contributed by atoms with van der Waals surface area (Å²) in [7, 11) is 1.34. The van der Waals surface area contributed by atoms with Crippen molar-refractivity contribution in [3.05, 3.63) is 5.89 Å². The van der Waals surface area contributed by atoms with Crippen LogP contribution < -0.4 is 5.32 Å². The summed E-state index contributed by atoms with van der Waals surface area (Å²) in [5.41, 5.74) is 0.0648. The van der Waals surface area contributed by atoms with Crippen molar-refractivity contribution in [1.82, 2.24) is 15.5 Å². The third kappa shape index (κ3) is 4.18. The second-order valence-corrected chi connectivity index (χ2v) is 10.2. The number of methoxy groups -OCH3 is 1. The Morgan fingerprint density at radius 1 is 1.21 bits per heavy atom. The molecular formula is C21H31N3O4S. The van der Waals surface area contributed by atoms with E-state index >= 15 is 0 Å². The van der Waals surface area contributed by atoms with Gasteiger partial charge in [0, 0.05) is 5.41 Å². The first kappa shape index (κ1) is 20.7. The lowest BCUT2D eigenvalue weighted by Crippen LogP contribution is -2.48. The SMILES string of the molecule is CC[C@H](C)[C@@H](NC(=O)CSc1nnc(C23CC4CC(CC(C4)C2)C3)o1)C(=O)OC. The number of thioether (sulfide) groups is 1. The lowest BCUT2D eigenvalue weighted by molar-refractivity contribution is -0.146. The van der Waals surface area contributed by atoms with E-state index < -0.39 is 12.0 Å². The van der Waals surface area contributed by atoms with Crippen LogP contribution in [-0.2, 0) is 19.7 Å². The van der Waals surface area contributed by atoms with Gasteiger partial charge < -0.3 is 14.5 Å². The molecule has 0 radical (unpaired) electrons. The first-order chi connectivity index (χ1) is 13.9. The highest BCUT2D eigenvalue weighted by Crippen LogP contribution is 2.60. The van der Waals surface area contributed by atoms with Crippen LogP contribution in [0, 0.1) is 23.7 Å². The summed E-state index contributed by atoms with van der Waals surface area (Å²) in [6.07, 6.45) is 8.38. The Hall–Kier alpha value is -1.57. The van der Waals surface area contributed by atoms with Gasteiger partial charge in [0.1, 0.15) is 6.04 Å². The minimum Gasteiger partial charge on any atom is -0.467 e. The van der Waals surface area contributed by atoms with E-state index in [9.17, 15) is 9.59 Å². The van der Waals surface area contributed by atoms with Gasteiger partial charge in [-0.3, -0.25) is 4.79 Å². The molecule has 1 aromatic heterocycles. The molecule has 0 saturated heterocycles. The molecule has 8 heteroatoms. The van der Waals surface area contributed by atoms with E-state index in [4.69, 9.17) is 9.15 Å². The van der Waals surface area contributed by atoms with Crippen LogP contribution in [0.3, 0.4) is 0 Å². The zero-order valence-corrected chi connectivity index (χ0v) is 18.3. The van der Waals surface area contributed by atoms with Crippen LogP contribution in [0.2, 0.25) is 0 Å². The molecule has 0 unspecified atom stereocenters. The summed E-state index contributed by atoms with van der Waals surface area (Å²) in [6, 6.07) is -0.636. The van der Waals surface area contributed by atoms with Crippen LogP contribution in [0.5, 0.6) is 0 Å². The van der Waals surface area contributed by atoms with E-state index in [1.54, 1.807) is 0 Å². The van der Waals surface area contributed by atoms with Crippen molar-refractivity contribution in [3.63, 3.8) is 0 Å². The number of nitrogens with zero attached hydrogens (tertiary/aromatic N) is 2. The van der Waals surface area contributed by atoms with E-state index in [0.29, 0.717) is 5.22 Å². The summed E-state index contributed by atoms with van der Waals surface area (Å²) < 4.78 is 10.8. The Labute approximate surface area is 176 Å². The van der Waals surface area contributed by atoms with E-state index in [1.165, 1.54) is 57.4 Å². The van der Waals surface area contributed by atoms with E-state index in [1.807, 2.05) is 13.8 Å². The Morgan fingerprint density at radius 3 is 2.38 bits per heavy atom. The summed E-state index contributed by atoms with van der Waals surface area (Å²) in [6.45, 7) is 3.90. The molecule has 160 valence electrons. The first-order valence-electron chi connectivity index (χ1n) is 10.8. The fourth-order valence-corrected chi connectivity index (χ4v) is 6.57. The Kier molecular flexibility index (Phi) is 5.91.